The van der Waals surface area contributed by atoms with Gasteiger partial charge in [0.05, 0.1) is 5.52 Å². The number of aromatic nitrogens is 2. The van der Waals surface area contributed by atoms with Crippen molar-refractivity contribution in [3.63, 3.8) is 0 Å². The topological polar surface area (TPSA) is 84.0 Å². The fraction of sp³-hybridized carbons (Fsp3) is 0.611. The maximum absolute atomic E-state index is 12.3. The van der Waals surface area contributed by atoms with Crippen molar-refractivity contribution in [2.24, 2.45) is 5.92 Å². The molecule has 6 nitrogen and oxygen atoms in total. The van der Waals surface area contributed by atoms with Crippen molar-refractivity contribution in [3.8, 4) is 0 Å². The Morgan fingerprint density at radius 3 is 2.84 bits per heavy atom. The molecular weight excluding hydrogens is 338 g/mol. The number of H-pyrrole nitrogens is 1. The largest absolute Gasteiger partial charge is 0.356 e. The Hall–Kier alpha value is -1.89. The van der Waals surface area contributed by atoms with E-state index in [2.05, 4.69) is 24.1 Å². The first-order chi connectivity index (χ1) is 12.1. The molecule has 138 valence electrons. The lowest BCUT2D eigenvalue weighted by molar-refractivity contribution is -0.121. The Balaban J connectivity index is 1.83. The number of carbonyl (C=O) groups is 1. The van der Waals surface area contributed by atoms with Crippen LogP contribution in [0.4, 0.5) is 0 Å². The summed E-state index contributed by atoms with van der Waals surface area (Å²) in [4.78, 5) is 39.0. The van der Waals surface area contributed by atoms with Crippen LogP contribution in [0.2, 0.25) is 0 Å². The highest BCUT2D eigenvalue weighted by Crippen LogP contribution is 2.12. The van der Waals surface area contributed by atoms with E-state index < -0.39 is 5.69 Å². The molecule has 0 fully saturated rings. The summed E-state index contributed by atoms with van der Waals surface area (Å²) in [7, 11) is 0. The van der Waals surface area contributed by atoms with Crippen molar-refractivity contribution < 1.29 is 4.79 Å². The zero-order valence-corrected chi connectivity index (χ0v) is 15.8. The van der Waals surface area contributed by atoms with Gasteiger partial charge in [-0.15, -0.1) is 11.3 Å². The molecule has 25 heavy (non-hydrogen) atoms. The van der Waals surface area contributed by atoms with Crippen molar-refractivity contribution in [2.45, 2.75) is 58.9 Å². The van der Waals surface area contributed by atoms with Gasteiger partial charge < -0.3 is 10.3 Å². The number of hydrogen-bond donors (Lipinski definition) is 2. The van der Waals surface area contributed by atoms with E-state index in [4.69, 9.17) is 0 Å². The van der Waals surface area contributed by atoms with Gasteiger partial charge in [0.1, 0.15) is 4.70 Å². The lowest BCUT2D eigenvalue weighted by atomic mass is 9.99. The van der Waals surface area contributed by atoms with Crippen molar-refractivity contribution in [2.75, 3.05) is 6.54 Å². The van der Waals surface area contributed by atoms with E-state index in [-0.39, 0.29) is 18.0 Å². The molecule has 0 aliphatic carbocycles. The summed E-state index contributed by atoms with van der Waals surface area (Å²) in [5.74, 6) is 0.507. The van der Waals surface area contributed by atoms with E-state index >= 15 is 0 Å². The van der Waals surface area contributed by atoms with Gasteiger partial charge in [-0.25, -0.2) is 4.79 Å². The molecule has 2 aromatic rings. The van der Waals surface area contributed by atoms with Crippen molar-refractivity contribution in [3.05, 3.63) is 32.3 Å². The number of carbonyl (C=O) groups excluding carboxylic acids is 1. The molecule has 2 N–H and O–H groups in total. The molecule has 0 spiro atoms. The standard InChI is InChI=1S/C18H27N3O3S/c1-3-5-7-13(4-2)12-19-15(22)8-6-10-21-17(23)16-14(9-11-25-16)20-18(21)24/h9,11,13H,3-8,10,12H2,1-2H3,(H,19,22)(H,20,24)/t13-/m0/s1. The number of rotatable bonds is 10. The first-order valence-corrected chi connectivity index (χ1v) is 9.91. The van der Waals surface area contributed by atoms with Gasteiger partial charge in [0, 0.05) is 19.5 Å². The summed E-state index contributed by atoms with van der Waals surface area (Å²) in [5.41, 5.74) is -0.117. The van der Waals surface area contributed by atoms with E-state index in [0.29, 0.717) is 35.5 Å². The fourth-order valence-corrected chi connectivity index (χ4v) is 3.66. The van der Waals surface area contributed by atoms with E-state index in [1.807, 2.05) is 0 Å². The Labute approximate surface area is 151 Å². The van der Waals surface area contributed by atoms with Crippen molar-refractivity contribution in [1.29, 1.82) is 0 Å². The molecule has 0 saturated heterocycles. The monoisotopic (exact) mass is 365 g/mol. The fourth-order valence-electron chi connectivity index (χ4n) is 2.86. The van der Waals surface area contributed by atoms with Crippen LogP contribution in [0.1, 0.15) is 52.4 Å². The van der Waals surface area contributed by atoms with Crippen LogP contribution < -0.4 is 16.6 Å². The highest BCUT2D eigenvalue weighted by molar-refractivity contribution is 7.17. The first kappa shape index (κ1) is 19.4. The molecule has 0 aliphatic heterocycles. The molecule has 0 aliphatic rings. The number of unbranched alkanes of at least 4 members (excludes halogenated alkanes) is 1. The van der Waals surface area contributed by atoms with E-state index in [0.717, 1.165) is 12.8 Å². The molecule has 0 radical (unpaired) electrons. The highest BCUT2D eigenvalue weighted by Gasteiger charge is 2.11. The predicted molar refractivity (Wildman–Crippen MR) is 102 cm³/mol. The highest BCUT2D eigenvalue weighted by atomic mass is 32.1. The van der Waals surface area contributed by atoms with E-state index in [9.17, 15) is 14.4 Å². The number of nitrogens with one attached hydrogen (secondary N) is 2. The quantitative estimate of drug-likeness (QED) is 0.679. The summed E-state index contributed by atoms with van der Waals surface area (Å²) < 4.78 is 1.73. The lowest BCUT2D eigenvalue weighted by Crippen LogP contribution is -2.35. The Bertz CT molecular complexity index is 806. The molecule has 0 saturated carbocycles. The first-order valence-electron chi connectivity index (χ1n) is 9.03. The van der Waals surface area contributed by atoms with E-state index in [1.165, 1.54) is 28.7 Å². The molecule has 1 atom stereocenters. The average Bonchev–Trinajstić information content (AvgIpc) is 3.06. The van der Waals surface area contributed by atoms with Crippen LogP contribution in [0.15, 0.2) is 21.0 Å². The van der Waals surface area contributed by atoms with Crippen LogP contribution in [-0.2, 0) is 11.3 Å². The van der Waals surface area contributed by atoms with Crippen LogP contribution in [0.25, 0.3) is 10.2 Å². The molecule has 0 bridgehead atoms. The number of fused-ring (bicyclic) bond motifs is 1. The van der Waals surface area contributed by atoms with Crippen LogP contribution >= 0.6 is 11.3 Å². The smallest absolute Gasteiger partial charge is 0.328 e. The van der Waals surface area contributed by atoms with Gasteiger partial charge in [-0.3, -0.25) is 14.2 Å². The van der Waals surface area contributed by atoms with Crippen LogP contribution in [0.3, 0.4) is 0 Å². The Kier molecular flexibility index (Phi) is 7.43. The van der Waals surface area contributed by atoms with Gasteiger partial charge in [0.2, 0.25) is 5.91 Å². The van der Waals surface area contributed by atoms with Crippen molar-refractivity contribution in [1.82, 2.24) is 14.9 Å². The lowest BCUT2D eigenvalue weighted by Gasteiger charge is -2.15. The minimum atomic E-state index is -0.415. The van der Waals surface area contributed by atoms with Crippen LogP contribution in [0, 0.1) is 5.92 Å². The molecule has 2 heterocycles. The number of nitrogens with zero attached hydrogens (tertiary/aromatic N) is 1. The molecular formula is C18H27N3O3S. The summed E-state index contributed by atoms with van der Waals surface area (Å²) in [6.07, 6.45) is 5.34. The second-order valence-electron chi connectivity index (χ2n) is 6.37. The van der Waals surface area contributed by atoms with E-state index in [1.54, 1.807) is 11.4 Å². The summed E-state index contributed by atoms with van der Waals surface area (Å²) in [5, 5.41) is 4.75. The van der Waals surface area contributed by atoms with Crippen LogP contribution in [-0.4, -0.2) is 22.0 Å². The van der Waals surface area contributed by atoms with Gasteiger partial charge in [-0.2, -0.15) is 0 Å². The Morgan fingerprint density at radius 1 is 1.32 bits per heavy atom. The maximum atomic E-state index is 12.3. The summed E-state index contributed by atoms with van der Waals surface area (Å²) in [6, 6.07) is 1.73. The zero-order valence-electron chi connectivity index (χ0n) is 15.0. The molecule has 7 heteroatoms. The third kappa shape index (κ3) is 5.29. The average molecular weight is 365 g/mol. The predicted octanol–water partition coefficient (Wildman–Crippen LogP) is 2.86. The normalized spacial score (nSPS) is 12.4. The number of aromatic amines is 1. The van der Waals surface area contributed by atoms with Crippen LogP contribution in [0.5, 0.6) is 0 Å². The summed E-state index contributed by atoms with van der Waals surface area (Å²) in [6.45, 7) is 5.27. The van der Waals surface area contributed by atoms with Gasteiger partial charge in [0.25, 0.3) is 5.56 Å². The molecule has 0 unspecified atom stereocenters. The third-order valence-corrected chi connectivity index (χ3v) is 5.41. The Morgan fingerprint density at radius 2 is 2.12 bits per heavy atom. The molecule has 2 rings (SSSR count). The second-order valence-corrected chi connectivity index (χ2v) is 7.29. The third-order valence-electron chi connectivity index (χ3n) is 4.51. The second kappa shape index (κ2) is 9.56. The van der Waals surface area contributed by atoms with Crippen molar-refractivity contribution >= 4 is 27.5 Å². The minimum absolute atomic E-state index is 0.0170. The molecule has 0 aromatic carbocycles. The number of hydrogen-bond acceptors (Lipinski definition) is 4. The van der Waals surface area contributed by atoms with Gasteiger partial charge >= 0.3 is 5.69 Å². The maximum Gasteiger partial charge on any atom is 0.328 e. The van der Waals surface area contributed by atoms with Gasteiger partial charge in [-0.1, -0.05) is 33.1 Å². The van der Waals surface area contributed by atoms with Gasteiger partial charge in [-0.05, 0) is 30.2 Å². The minimum Gasteiger partial charge on any atom is -0.356 e. The molecule has 2 aromatic heterocycles. The summed E-state index contributed by atoms with van der Waals surface area (Å²) >= 11 is 1.31. The van der Waals surface area contributed by atoms with Gasteiger partial charge in [0.15, 0.2) is 0 Å². The number of amides is 1. The number of thiophene rings is 1. The molecule has 1 amide bonds. The zero-order chi connectivity index (χ0) is 18.2. The SMILES string of the molecule is CCCC[C@H](CC)CNC(=O)CCCn1c(=O)[nH]c2ccsc2c1=O.